The Kier molecular flexibility index (Phi) is 6.62. The molecular formula is C23H32N4O2. The first-order valence-corrected chi connectivity index (χ1v) is 10.3. The van der Waals surface area contributed by atoms with Crippen LogP contribution in [0.3, 0.4) is 0 Å². The number of aryl methyl sites for hydroxylation is 1. The molecule has 29 heavy (non-hydrogen) atoms. The smallest absolute Gasteiger partial charge is 0.250 e. The minimum atomic E-state index is -0.230. The second-order valence-corrected chi connectivity index (χ2v) is 8.16. The molecule has 2 aromatic rings. The Balaban J connectivity index is 1.52. The lowest BCUT2D eigenvalue weighted by molar-refractivity contribution is 0.0694. The average Bonchev–Trinajstić information content (AvgIpc) is 2.67. The van der Waals surface area contributed by atoms with Gasteiger partial charge in [-0.1, -0.05) is 24.3 Å². The van der Waals surface area contributed by atoms with Gasteiger partial charge in [-0.2, -0.15) is 0 Å². The van der Waals surface area contributed by atoms with E-state index in [0.717, 1.165) is 55.3 Å². The van der Waals surface area contributed by atoms with Crippen LogP contribution in [-0.4, -0.2) is 29.7 Å². The van der Waals surface area contributed by atoms with Gasteiger partial charge in [-0.25, -0.2) is 0 Å². The van der Waals surface area contributed by atoms with Crippen molar-refractivity contribution in [3.63, 3.8) is 0 Å². The van der Waals surface area contributed by atoms with Gasteiger partial charge in [0.2, 0.25) is 0 Å². The number of hydrogen-bond donors (Lipinski definition) is 2. The molecule has 1 aliphatic rings. The number of unbranched alkanes of at least 4 members (excludes halogenated alkanes) is 1. The normalized spacial score (nSPS) is 17.9. The topological polar surface area (TPSA) is 67.7 Å². The van der Waals surface area contributed by atoms with Crippen molar-refractivity contribution in [3.05, 3.63) is 64.1 Å². The van der Waals surface area contributed by atoms with E-state index >= 15 is 0 Å². The first kappa shape index (κ1) is 21.0. The summed E-state index contributed by atoms with van der Waals surface area (Å²) in [7, 11) is 1.79. The molecule has 6 heteroatoms. The molecule has 0 saturated carbocycles. The third-order valence-corrected chi connectivity index (χ3v) is 5.28. The second kappa shape index (κ2) is 9.16. The van der Waals surface area contributed by atoms with Gasteiger partial charge in [0.05, 0.1) is 6.04 Å². The van der Waals surface area contributed by atoms with Gasteiger partial charge >= 0.3 is 0 Å². The van der Waals surface area contributed by atoms with Crippen molar-refractivity contribution in [1.82, 2.24) is 15.2 Å². The van der Waals surface area contributed by atoms with Crippen molar-refractivity contribution in [2.75, 3.05) is 13.6 Å². The lowest BCUT2D eigenvalue weighted by Gasteiger charge is -2.38. The van der Waals surface area contributed by atoms with Gasteiger partial charge in [-0.05, 0) is 45.7 Å². The van der Waals surface area contributed by atoms with Crippen LogP contribution in [0, 0.1) is 6.92 Å². The van der Waals surface area contributed by atoms with E-state index in [1.807, 2.05) is 35.8 Å². The Morgan fingerprint density at radius 2 is 2.00 bits per heavy atom. The van der Waals surface area contributed by atoms with Crippen LogP contribution in [0.15, 0.2) is 52.3 Å². The molecule has 3 rings (SSSR count). The molecule has 0 amide bonds. The van der Waals surface area contributed by atoms with E-state index in [2.05, 4.69) is 35.5 Å². The van der Waals surface area contributed by atoms with E-state index in [4.69, 9.17) is 4.74 Å². The van der Waals surface area contributed by atoms with E-state index in [-0.39, 0.29) is 17.2 Å². The highest BCUT2D eigenvalue weighted by Crippen LogP contribution is 2.39. The quantitative estimate of drug-likeness (QED) is 0.446. The fraction of sp³-hybridized carbons (Fsp3) is 0.478. The molecule has 0 bridgehead atoms. The number of fused-ring (bicyclic) bond motifs is 1. The molecule has 0 radical (unpaired) electrons. The van der Waals surface area contributed by atoms with E-state index < -0.39 is 0 Å². The van der Waals surface area contributed by atoms with Crippen molar-refractivity contribution in [2.24, 2.45) is 4.99 Å². The summed E-state index contributed by atoms with van der Waals surface area (Å²) in [4.78, 5) is 16.3. The molecule has 0 aliphatic carbocycles. The lowest BCUT2D eigenvalue weighted by Crippen LogP contribution is -2.45. The Bertz CT molecular complexity index is 917. The number of nitrogens with zero attached hydrogens (tertiary/aromatic N) is 2. The fourth-order valence-electron chi connectivity index (χ4n) is 3.80. The summed E-state index contributed by atoms with van der Waals surface area (Å²) in [5, 5.41) is 6.95. The van der Waals surface area contributed by atoms with Crippen LogP contribution >= 0.6 is 0 Å². The van der Waals surface area contributed by atoms with E-state index in [1.54, 1.807) is 19.2 Å². The zero-order valence-electron chi connectivity index (χ0n) is 17.9. The number of aliphatic imine (C=N–C) groups is 1. The maximum absolute atomic E-state index is 11.9. The van der Waals surface area contributed by atoms with Gasteiger partial charge in [0.25, 0.3) is 5.56 Å². The molecule has 1 aliphatic heterocycles. The number of aromatic nitrogens is 1. The van der Waals surface area contributed by atoms with Crippen molar-refractivity contribution < 1.29 is 4.74 Å². The molecule has 1 unspecified atom stereocenters. The molecule has 0 spiro atoms. The third-order valence-electron chi connectivity index (χ3n) is 5.28. The van der Waals surface area contributed by atoms with Crippen LogP contribution in [-0.2, 0) is 6.54 Å². The minimum Gasteiger partial charge on any atom is -0.487 e. The highest BCUT2D eigenvalue weighted by molar-refractivity contribution is 5.80. The Labute approximate surface area is 173 Å². The van der Waals surface area contributed by atoms with Gasteiger partial charge in [-0.15, -0.1) is 0 Å². The van der Waals surface area contributed by atoms with Gasteiger partial charge in [0.15, 0.2) is 5.96 Å². The molecule has 0 fully saturated rings. The van der Waals surface area contributed by atoms with E-state index in [9.17, 15) is 4.79 Å². The predicted molar refractivity (Wildman–Crippen MR) is 118 cm³/mol. The van der Waals surface area contributed by atoms with Gasteiger partial charge in [0.1, 0.15) is 11.4 Å². The summed E-state index contributed by atoms with van der Waals surface area (Å²) < 4.78 is 7.94. The number of ether oxygens (including phenoxy) is 1. The molecule has 1 atom stereocenters. The van der Waals surface area contributed by atoms with Gasteiger partial charge in [-0.3, -0.25) is 9.79 Å². The second-order valence-electron chi connectivity index (χ2n) is 8.16. The largest absolute Gasteiger partial charge is 0.487 e. The molecule has 2 heterocycles. The zero-order chi connectivity index (χ0) is 20.9. The zero-order valence-corrected chi connectivity index (χ0v) is 17.9. The Morgan fingerprint density at radius 1 is 1.21 bits per heavy atom. The van der Waals surface area contributed by atoms with Crippen molar-refractivity contribution in [3.8, 4) is 5.75 Å². The highest BCUT2D eigenvalue weighted by atomic mass is 16.5. The number of rotatable bonds is 6. The molecule has 156 valence electrons. The molecule has 0 saturated heterocycles. The number of para-hydroxylation sites is 1. The van der Waals surface area contributed by atoms with Crippen molar-refractivity contribution in [1.29, 1.82) is 0 Å². The van der Waals surface area contributed by atoms with Crippen LogP contribution in [0.5, 0.6) is 5.75 Å². The standard InChI is InChI=1S/C23H32N4O2/c1-17-10-9-13-21(28)27(17)15-8-7-14-25-22(24-4)26-19-16-23(2,3)29-20-12-6-5-11-18(19)20/h5-6,9-13,19H,7-8,14-16H2,1-4H3,(H2,24,25,26). The molecule has 2 N–H and O–H groups in total. The number of guanidine groups is 1. The minimum absolute atomic E-state index is 0.0660. The molecule has 1 aromatic carbocycles. The summed E-state index contributed by atoms with van der Waals surface area (Å²) >= 11 is 0. The number of pyridine rings is 1. The van der Waals surface area contributed by atoms with Crippen LogP contribution < -0.4 is 20.9 Å². The fourth-order valence-corrected chi connectivity index (χ4v) is 3.80. The van der Waals surface area contributed by atoms with Crippen LogP contribution in [0.1, 0.15) is 50.4 Å². The summed E-state index contributed by atoms with van der Waals surface area (Å²) in [6.45, 7) is 7.73. The maximum Gasteiger partial charge on any atom is 0.250 e. The SMILES string of the molecule is CN=C(NCCCCn1c(C)cccc1=O)NC1CC(C)(C)Oc2ccccc21. The van der Waals surface area contributed by atoms with Gasteiger partial charge in [0, 0.05) is 43.9 Å². The number of benzene rings is 1. The molecule has 1 aromatic heterocycles. The molecular weight excluding hydrogens is 364 g/mol. The average molecular weight is 397 g/mol. The highest BCUT2D eigenvalue weighted by Gasteiger charge is 2.33. The van der Waals surface area contributed by atoms with Crippen molar-refractivity contribution in [2.45, 2.75) is 58.2 Å². The number of nitrogens with one attached hydrogen (secondary N) is 2. The summed E-state index contributed by atoms with van der Waals surface area (Å²) in [6, 6.07) is 13.7. The van der Waals surface area contributed by atoms with Crippen LogP contribution in [0.25, 0.3) is 0 Å². The summed E-state index contributed by atoms with van der Waals surface area (Å²) in [6.07, 6.45) is 2.75. The van der Waals surface area contributed by atoms with Crippen LogP contribution in [0.4, 0.5) is 0 Å². The van der Waals surface area contributed by atoms with E-state index in [1.165, 1.54) is 0 Å². The lowest BCUT2D eigenvalue weighted by atomic mass is 9.90. The number of hydrogen-bond acceptors (Lipinski definition) is 3. The Morgan fingerprint density at radius 3 is 2.76 bits per heavy atom. The first-order chi connectivity index (χ1) is 13.9. The monoisotopic (exact) mass is 396 g/mol. The maximum atomic E-state index is 11.9. The van der Waals surface area contributed by atoms with Gasteiger partial charge < -0.3 is 19.9 Å². The van der Waals surface area contributed by atoms with E-state index in [0.29, 0.717) is 0 Å². The van der Waals surface area contributed by atoms with Crippen molar-refractivity contribution >= 4 is 5.96 Å². The third kappa shape index (κ3) is 5.40. The predicted octanol–water partition coefficient (Wildman–Crippen LogP) is 3.40. The Hall–Kier alpha value is -2.76. The molecule has 6 nitrogen and oxygen atoms in total. The summed E-state index contributed by atoms with van der Waals surface area (Å²) in [5.41, 5.74) is 2.00. The summed E-state index contributed by atoms with van der Waals surface area (Å²) in [5.74, 6) is 1.72. The van der Waals surface area contributed by atoms with Crippen LogP contribution in [0.2, 0.25) is 0 Å². The first-order valence-electron chi connectivity index (χ1n) is 10.3.